The van der Waals surface area contributed by atoms with Crippen molar-refractivity contribution < 1.29 is 14.3 Å². The van der Waals surface area contributed by atoms with E-state index < -0.39 is 5.91 Å². The van der Waals surface area contributed by atoms with Crippen LogP contribution in [0.1, 0.15) is 64.2 Å². The van der Waals surface area contributed by atoms with E-state index in [1.54, 1.807) is 13.2 Å². The molecule has 1 aromatic carbocycles. The maximum Gasteiger partial charge on any atom is 0.248 e. The number of aryl methyl sites for hydroxylation is 2. The van der Waals surface area contributed by atoms with Crippen LogP contribution in [0.25, 0.3) is 5.69 Å². The number of hydrogen-bond acceptors (Lipinski definition) is 3. The number of hydrogen-bond donors (Lipinski definition) is 1. The number of carbonyl (C=O) groups is 2. The van der Waals surface area contributed by atoms with E-state index in [1.807, 2.05) is 25.3 Å². The summed E-state index contributed by atoms with van der Waals surface area (Å²) in [6.07, 6.45) is 4.98. The van der Waals surface area contributed by atoms with Crippen LogP contribution in [0.5, 0.6) is 0 Å². The molecule has 2 aromatic rings. The van der Waals surface area contributed by atoms with Crippen LogP contribution in [0.15, 0.2) is 24.4 Å². The van der Waals surface area contributed by atoms with Gasteiger partial charge in [0.05, 0.1) is 0 Å². The second-order valence-corrected chi connectivity index (χ2v) is 8.25. The number of nitrogens with zero attached hydrogens (tertiary/aromatic N) is 1. The van der Waals surface area contributed by atoms with Crippen molar-refractivity contribution in [1.29, 1.82) is 0 Å². The first kappa shape index (κ1) is 19.4. The van der Waals surface area contributed by atoms with Gasteiger partial charge in [0.15, 0.2) is 5.78 Å². The molecule has 0 saturated carbocycles. The molecule has 27 heavy (non-hydrogen) atoms. The Bertz CT molecular complexity index is 893. The van der Waals surface area contributed by atoms with E-state index in [0.29, 0.717) is 25.0 Å². The summed E-state index contributed by atoms with van der Waals surface area (Å²) in [7, 11) is 1.67. The highest BCUT2D eigenvalue weighted by Crippen LogP contribution is 2.38. The molecule has 0 bridgehead atoms. The Morgan fingerprint density at radius 2 is 2.04 bits per heavy atom. The average molecular weight is 368 g/mol. The number of fused-ring (bicyclic) bond motifs is 1. The van der Waals surface area contributed by atoms with Gasteiger partial charge in [-0.05, 0) is 60.9 Å². The van der Waals surface area contributed by atoms with Crippen molar-refractivity contribution in [2.75, 3.05) is 13.7 Å². The number of carbonyl (C=O) groups excluding carboxylic acids is 2. The summed E-state index contributed by atoms with van der Waals surface area (Å²) in [6, 6.07) is 5.71. The third-order valence-corrected chi connectivity index (χ3v) is 5.29. The van der Waals surface area contributed by atoms with E-state index in [9.17, 15) is 9.59 Å². The molecule has 1 aliphatic carbocycles. The minimum atomic E-state index is -0.420. The molecule has 0 spiro atoms. The first-order valence-corrected chi connectivity index (χ1v) is 9.39. The lowest BCUT2D eigenvalue weighted by Crippen LogP contribution is -2.28. The lowest BCUT2D eigenvalue weighted by molar-refractivity contribution is 0.0909. The number of rotatable bonds is 6. The van der Waals surface area contributed by atoms with E-state index >= 15 is 0 Å². The zero-order valence-corrected chi connectivity index (χ0v) is 16.6. The normalized spacial score (nSPS) is 15.6. The third kappa shape index (κ3) is 3.83. The molecule has 0 unspecified atom stereocenters. The first-order chi connectivity index (χ1) is 12.7. The van der Waals surface area contributed by atoms with Crippen molar-refractivity contribution >= 4 is 11.7 Å². The molecule has 144 valence electrons. The molecule has 2 N–H and O–H groups in total. The molecule has 1 aliphatic rings. The van der Waals surface area contributed by atoms with Gasteiger partial charge in [0.25, 0.3) is 0 Å². The molecule has 0 aliphatic heterocycles. The maximum atomic E-state index is 12.7. The second-order valence-electron chi connectivity index (χ2n) is 8.25. The summed E-state index contributed by atoms with van der Waals surface area (Å²) >= 11 is 0. The van der Waals surface area contributed by atoms with Crippen molar-refractivity contribution in [3.05, 3.63) is 52.3 Å². The van der Waals surface area contributed by atoms with Crippen LogP contribution in [0.3, 0.4) is 0 Å². The standard InChI is InChI=1S/C22H28N2O3/c1-14-13-24(18-11-22(2,3)12-19(25)20(14)18)16-7-8-17(21(23)26)15(10-16)6-5-9-27-4/h7-8,10,13H,5-6,9,11-12H2,1-4H3,(H2,23,26). The summed E-state index contributed by atoms with van der Waals surface area (Å²) in [5, 5.41) is 0. The van der Waals surface area contributed by atoms with Crippen LogP contribution >= 0.6 is 0 Å². The third-order valence-electron chi connectivity index (χ3n) is 5.29. The molecule has 0 atom stereocenters. The molecule has 3 rings (SSSR count). The van der Waals surface area contributed by atoms with Crippen molar-refractivity contribution in [1.82, 2.24) is 4.57 Å². The largest absolute Gasteiger partial charge is 0.385 e. The van der Waals surface area contributed by atoms with Gasteiger partial charge >= 0.3 is 0 Å². The fraction of sp³-hybridized carbons (Fsp3) is 0.455. The molecule has 5 heteroatoms. The minimum absolute atomic E-state index is 0.0545. The van der Waals surface area contributed by atoms with Crippen LogP contribution in [0.4, 0.5) is 0 Å². The van der Waals surface area contributed by atoms with E-state index in [4.69, 9.17) is 10.5 Å². The fourth-order valence-electron chi connectivity index (χ4n) is 4.09. The monoisotopic (exact) mass is 368 g/mol. The van der Waals surface area contributed by atoms with E-state index in [0.717, 1.165) is 40.9 Å². The Morgan fingerprint density at radius 1 is 1.30 bits per heavy atom. The number of aromatic nitrogens is 1. The van der Waals surface area contributed by atoms with Crippen LogP contribution in [-0.4, -0.2) is 30.0 Å². The molecule has 5 nitrogen and oxygen atoms in total. The summed E-state index contributed by atoms with van der Waals surface area (Å²) in [4.78, 5) is 24.5. The predicted molar refractivity (Wildman–Crippen MR) is 106 cm³/mol. The van der Waals surface area contributed by atoms with Gasteiger partial charge in [-0.15, -0.1) is 0 Å². The molecule has 1 heterocycles. The van der Waals surface area contributed by atoms with Crippen molar-refractivity contribution in [2.24, 2.45) is 11.1 Å². The lowest BCUT2D eigenvalue weighted by atomic mass is 9.75. The quantitative estimate of drug-likeness (QED) is 0.792. The van der Waals surface area contributed by atoms with Crippen LogP contribution in [0.2, 0.25) is 0 Å². The van der Waals surface area contributed by atoms with Crippen molar-refractivity contribution in [3.63, 3.8) is 0 Å². The van der Waals surface area contributed by atoms with E-state index in [1.165, 1.54) is 0 Å². The van der Waals surface area contributed by atoms with E-state index in [2.05, 4.69) is 18.4 Å². The lowest BCUT2D eigenvalue weighted by Gasteiger charge is -2.30. The topological polar surface area (TPSA) is 74.3 Å². The molecule has 1 amide bonds. The number of methoxy groups -OCH3 is 1. The highest BCUT2D eigenvalue weighted by Gasteiger charge is 2.34. The molecule has 0 fully saturated rings. The zero-order chi connectivity index (χ0) is 19.8. The van der Waals surface area contributed by atoms with Crippen molar-refractivity contribution in [2.45, 2.75) is 46.5 Å². The van der Waals surface area contributed by atoms with E-state index in [-0.39, 0.29) is 11.2 Å². The highest BCUT2D eigenvalue weighted by atomic mass is 16.5. The molecular formula is C22H28N2O3. The molecule has 0 saturated heterocycles. The summed E-state index contributed by atoms with van der Waals surface area (Å²) in [6.45, 7) is 6.88. The van der Waals surface area contributed by atoms with Gasteiger partial charge in [0.1, 0.15) is 0 Å². The summed E-state index contributed by atoms with van der Waals surface area (Å²) in [5.41, 5.74) is 10.8. The number of ketones is 1. The Hall–Kier alpha value is -2.40. The molecule has 1 aromatic heterocycles. The van der Waals surface area contributed by atoms with Gasteiger partial charge in [0, 0.05) is 48.8 Å². The average Bonchev–Trinajstić information content (AvgIpc) is 2.90. The zero-order valence-electron chi connectivity index (χ0n) is 16.6. The Labute approximate surface area is 160 Å². The smallest absolute Gasteiger partial charge is 0.248 e. The Morgan fingerprint density at radius 3 is 2.70 bits per heavy atom. The van der Waals surface area contributed by atoms with Gasteiger partial charge < -0.3 is 15.0 Å². The number of benzene rings is 1. The maximum absolute atomic E-state index is 12.7. The minimum Gasteiger partial charge on any atom is -0.385 e. The SMILES string of the molecule is COCCCc1cc(-n2cc(C)c3c2CC(C)(C)CC3=O)ccc1C(N)=O. The number of ether oxygens (including phenoxy) is 1. The number of Topliss-reactive ketones (excluding diaryl/α,β-unsaturated/α-hetero) is 1. The number of amides is 1. The summed E-state index contributed by atoms with van der Waals surface area (Å²) < 4.78 is 7.24. The number of primary amides is 1. The highest BCUT2D eigenvalue weighted by molar-refractivity contribution is 6.00. The number of nitrogens with two attached hydrogens (primary N) is 1. The fourth-order valence-corrected chi connectivity index (χ4v) is 4.09. The van der Waals surface area contributed by atoms with Gasteiger partial charge in [-0.1, -0.05) is 13.8 Å². The van der Waals surface area contributed by atoms with Crippen LogP contribution in [-0.2, 0) is 17.6 Å². The van der Waals surface area contributed by atoms with Gasteiger partial charge in [-0.3, -0.25) is 9.59 Å². The predicted octanol–water partition coefficient (Wildman–Crippen LogP) is 3.62. The van der Waals surface area contributed by atoms with Crippen LogP contribution < -0.4 is 5.73 Å². The van der Waals surface area contributed by atoms with Gasteiger partial charge in [-0.25, -0.2) is 0 Å². The summed E-state index contributed by atoms with van der Waals surface area (Å²) in [5.74, 6) is -0.206. The van der Waals surface area contributed by atoms with Crippen molar-refractivity contribution in [3.8, 4) is 5.69 Å². The second kappa shape index (κ2) is 7.31. The van der Waals surface area contributed by atoms with Gasteiger partial charge in [-0.2, -0.15) is 0 Å². The first-order valence-electron chi connectivity index (χ1n) is 9.39. The molecule has 0 radical (unpaired) electrons. The Balaban J connectivity index is 2.07. The van der Waals surface area contributed by atoms with Crippen LogP contribution in [0, 0.1) is 12.3 Å². The van der Waals surface area contributed by atoms with Gasteiger partial charge in [0.2, 0.25) is 5.91 Å². The molecular weight excluding hydrogens is 340 g/mol. The Kier molecular flexibility index (Phi) is 5.24.